The maximum Gasteiger partial charge on any atom is 0.315 e. The Balaban J connectivity index is 1.71. The maximum absolute atomic E-state index is 11.8. The zero-order valence-electron chi connectivity index (χ0n) is 13.6. The number of amides is 2. The molecule has 1 aromatic heterocycles. The molecule has 0 radical (unpaired) electrons. The predicted octanol–water partition coefficient (Wildman–Crippen LogP) is 3.12. The molecule has 5 nitrogen and oxygen atoms in total. The molecule has 0 atom stereocenters. The molecule has 0 aliphatic carbocycles. The molecule has 2 aromatic rings. The van der Waals surface area contributed by atoms with Crippen LogP contribution in [0.15, 0.2) is 48.7 Å². The molecule has 1 aromatic carbocycles. The van der Waals surface area contributed by atoms with Crippen LogP contribution in [0.4, 0.5) is 4.79 Å². The third-order valence-corrected chi connectivity index (χ3v) is 3.12. The highest BCUT2D eigenvalue weighted by Crippen LogP contribution is 2.13. The van der Waals surface area contributed by atoms with Gasteiger partial charge in [0.25, 0.3) is 0 Å². The highest BCUT2D eigenvalue weighted by atomic mass is 16.5. The Morgan fingerprint density at radius 3 is 2.48 bits per heavy atom. The van der Waals surface area contributed by atoms with Gasteiger partial charge in [-0.3, -0.25) is 4.98 Å². The van der Waals surface area contributed by atoms with Crippen molar-refractivity contribution in [3.8, 4) is 5.75 Å². The Bertz CT molecular complexity index is 597. The van der Waals surface area contributed by atoms with Crippen LogP contribution in [0.1, 0.15) is 25.1 Å². The number of nitrogens with one attached hydrogen (secondary N) is 2. The van der Waals surface area contributed by atoms with Crippen LogP contribution in [0.25, 0.3) is 0 Å². The van der Waals surface area contributed by atoms with Gasteiger partial charge in [0, 0.05) is 12.7 Å². The Morgan fingerprint density at radius 2 is 1.83 bits per heavy atom. The SMILES string of the molecule is CC(C)COc1ccc(CNC(=O)NCc2ccccn2)cc1. The van der Waals surface area contributed by atoms with E-state index < -0.39 is 0 Å². The smallest absolute Gasteiger partial charge is 0.315 e. The lowest BCUT2D eigenvalue weighted by atomic mass is 10.2. The molecule has 0 aliphatic rings. The van der Waals surface area contributed by atoms with Gasteiger partial charge in [-0.1, -0.05) is 32.0 Å². The number of rotatable bonds is 7. The highest BCUT2D eigenvalue weighted by molar-refractivity contribution is 5.73. The maximum atomic E-state index is 11.8. The van der Waals surface area contributed by atoms with Gasteiger partial charge in [0.2, 0.25) is 0 Å². The summed E-state index contributed by atoms with van der Waals surface area (Å²) in [6.45, 7) is 5.81. The van der Waals surface area contributed by atoms with Crippen molar-refractivity contribution in [3.63, 3.8) is 0 Å². The summed E-state index contributed by atoms with van der Waals surface area (Å²) in [7, 11) is 0. The topological polar surface area (TPSA) is 63.2 Å². The Hall–Kier alpha value is -2.56. The van der Waals surface area contributed by atoms with Gasteiger partial charge in [-0.15, -0.1) is 0 Å². The van der Waals surface area contributed by atoms with E-state index in [1.54, 1.807) is 6.20 Å². The van der Waals surface area contributed by atoms with E-state index in [0.717, 1.165) is 17.0 Å². The molecule has 23 heavy (non-hydrogen) atoms. The number of nitrogens with zero attached hydrogens (tertiary/aromatic N) is 1. The minimum atomic E-state index is -0.212. The van der Waals surface area contributed by atoms with Crippen molar-refractivity contribution in [2.45, 2.75) is 26.9 Å². The number of ether oxygens (including phenoxy) is 1. The van der Waals surface area contributed by atoms with Crippen LogP contribution in [-0.4, -0.2) is 17.6 Å². The third kappa shape index (κ3) is 6.38. The summed E-state index contributed by atoms with van der Waals surface area (Å²) in [6.07, 6.45) is 1.71. The van der Waals surface area contributed by atoms with Gasteiger partial charge in [0.05, 0.1) is 18.8 Å². The van der Waals surface area contributed by atoms with E-state index in [2.05, 4.69) is 29.5 Å². The summed E-state index contributed by atoms with van der Waals surface area (Å²) in [6, 6.07) is 13.1. The summed E-state index contributed by atoms with van der Waals surface area (Å²) in [5.41, 5.74) is 1.85. The van der Waals surface area contributed by atoms with Gasteiger partial charge in [-0.25, -0.2) is 4.79 Å². The molecule has 0 fully saturated rings. The fourth-order valence-corrected chi connectivity index (χ4v) is 1.88. The zero-order valence-corrected chi connectivity index (χ0v) is 13.6. The van der Waals surface area contributed by atoms with Crippen molar-refractivity contribution in [2.24, 2.45) is 5.92 Å². The van der Waals surface area contributed by atoms with Crippen LogP contribution in [0, 0.1) is 5.92 Å². The van der Waals surface area contributed by atoms with E-state index in [1.165, 1.54) is 0 Å². The second-order valence-corrected chi connectivity index (χ2v) is 5.71. The lowest BCUT2D eigenvalue weighted by Gasteiger charge is -2.10. The quantitative estimate of drug-likeness (QED) is 0.825. The molecule has 2 amide bonds. The Labute approximate surface area is 137 Å². The number of hydrogen-bond donors (Lipinski definition) is 2. The van der Waals surface area contributed by atoms with Crippen LogP contribution in [0.3, 0.4) is 0 Å². The van der Waals surface area contributed by atoms with Crippen LogP contribution in [0.5, 0.6) is 5.75 Å². The van der Waals surface area contributed by atoms with E-state index in [1.807, 2.05) is 42.5 Å². The molecule has 0 bridgehead atoms. The lowest BCUT2D eigenvalue weighted by molar-refractivity contribution is 0.240. The van der Waals surface area contributed by atoms with Gasteiger partial charge in [-0.2, -0.15) is 0 Å². The first kappa shape index (κ1) is 16.8. The summed E-state index contributed by atoms with van der Waals surface area (Å²) in [4.78, 5) is 15.9. The van der Waals surface area contributed by atoms with E-state index in [9.17, 15) is 4.79 Å². The molecule has 122 valence electrons. The van der Waals surface area contributed by atoms with Crippen LogP contribution in [0.2, 0.25) is 0 Å². The molecule has 2 N–H and O–H groups in total. The van der Waals surface area contributed by atoms with Gasteiger partial charge < -0.3 is 15.4 Å². The van der Waals surface area contributed by atoms with E-state index in [4.69, 9.17) is 4.74 Å². The van der Waals surface area contributed by atoms with Crippen LogP contribution < -0.4 is 15.4 Å². The molecule has 0 aliphatic heterocycles. The van der Waals surface area contributed by atoms with Gasteiger partial charge in [0.1, 0.15) is 5.75 Å². The second-order valence-electron chi connectivity index (χ2n) is 5.71. The van der Waals surface area contributed by atoms with E-state index in [0.29, 0.717) is 25.6 Å². The summed E-state index contributed by atoms with van der Waals surface area (Å²) in [5.74, 6) is 1.35. The number of carbonyl (C=O) groups is 1. The largest absolute Gasteiger partial charge is 0.493 e. The van der Waals surface area contributed by atoms with Crippen molar-refractivity contribution >= 4 is 6.03 Å². The third-order valence-electron chi connectivity index (χ3n) is 3.12. The average Bonchev–Trinajstić information content (AvgIpc) is 2.58. The predicted molar refractivity (Wildman–Crippen MR) is 90.1 cm³/mol. The van der Waals surface area contributed by atoms with E-state index >= 15 is 0 Å². The summed E-state index contributed by atoms with van der Waals surface area (Å²) < 4.78 is 5.63. The molecule has 0 saturated carbocycles. The van der Waals surface area contributed by atoms with Gasteiger partial charge in [-0.05, 0) is 35.7 Å². The molecule has 2 rings (SSSR count). The molecule has 0 unspecified atom stereocenters. The minimum absolute atomic E-state index is 0.212. The molecular formula is C18H23N3O2. The minimum Gasteiger partial charge on any atom is -0.493 e. The highest BCUT2D eigenvalue weighted by Gasteiger charge is 2.02. The monoisotopic (exact) mass is 313 g/mol. The fourth-order valence-electron chi connectivity index (χ4n) is 1.88. The first-order chi connectivity index (χ1) is 11.1. The number of hydrogen-bond acceptors (Lipinski definition) is 3. The van der Waals surface area contributed by atoms with E-state index in [-0.39, 0.29) is 6.03 Å². The van der Waals surface area contributed by atoms with Crippen LogP contribution in [-0.2, 0) is 13.1 Å². The number of carbonyl (C=O) groups excluding carboxylic acids is 1. The standard InChI is InChI=1S/C18H23N3O2/c1-14(2)13-23-17-8-6-15(7-9-17)11-20-18(22)21-12-16-5-3-4-10-19-16/h3-10,14H,11-13H2,1-2H3,(H2,20,21,22). The van der Waals surface area contributed by atoms with Crippen molar-refractivity contribution in [2.75, 3.05) is 6.61 Å². The molecule has 0 saturated heterocycles. The van der Waals surface area contributed by atoms with Crippen molar-refractivity contribution in [3.05, 3.63) is 59.9 Å². The number of aromatic nitrogens is 1. The normalized spacial score (nSPS) is 10.4. The number of urea groups is 1. The summed E-state index contributed by atoms with van der Waals surface area (Å²) >= 11 is 0. The lowest BCUT2D eigenvalue weighted by Crippen LogP contribution is -2.34. The molecule has 5 heteroatoms. The first-order valence-corrected chi connectivity index (χ1v) is 7.77. The molecular weight excluding hydrogens is 290 g/mol. The van der Waals surface area contributed by atoms with Gasteiger partial charge >= 0.3 is 6.03 Å². The Kier molecular flexibility index (Phi) is 6.41. The zero-order chi connectivity index (χ0) is 16.5. The van der Waals surface area contributed by atoms with Crippen molar-refractivity contribution < 1.29 is 9.53 Å². The summed E-state index contributed by atoms with van der Waals surface area (Å²) in [5, 5.41) is 5.60. The van der Waals surface area contributed by atoms with Crippen LogP contribution >= 0.6 is 0 Å². The molecule has 0 spiro atoms. The van der Waals surface area contributed by atoms with Crippen molar-refractivity contribution in [1.82, 2.24) is 15.6 Å². The van der Waals surface area contributed by atoms with Crippen molar-refractivity contribution in [1.29, 1.82) is 0 Å². The van der Waals surface area contributed by atoms with Gasteiger partial charge in [0.15, 0.2) is 0 Å². The Morgan fingerprint density at radius 1 is 1.09 bits per heavy atom. The number of pyridine rings is 1. The molecule has 1 heterocycles. The fraction of sp³-hybridized carbons (Fsp3) is 0.333. The number of benzene rings is 1. The second kappa shape index (κ2) is 8.78. The first-order valence-electron chi connectivity index (χ1n) is 7.77. The average molecular weight is 313 g/mol.